The number of hydrogen-bond donors (Lipinski definition) is 0. The van der Waals surface area contributed by atoms with E-state index in [1.807, 2.05) is 18.2 Å². The van der Waals surface area contributed by atoms with Crippen molar-refractivity contribution >= 4 is 44.2 Å². The molecule has 2 atom stereocenters. The first kappa shape index (κ1) is 33.9. The first-order valence-electron chi connectivity index (χ1n) is 20.3. The van der Waals surface area contributed by atoms with Crippen LogP contribution in [0.5, 0.6) is 0 Å². The topological polar surface area (TPSA) is 43.6 Å². The van der Waals surface area contributed by atoms with E-state index >= 15 is 0 Å². The van der Waals surface area contributed by atoms with E-state index in [2.05, 4.69) is 172 Å². The quantitative estimate of drug-likeness (QED) is 0.181. The van der Waals surface area contributed by atoms with Gasteiger partial charge in [0.1, 0.15) is 0 Å². The van der Waals surface area contributed by atoms with Crippen LogP contribution in [-0.4, -0.2) is 19.5 Å². The van der Waals surface area contributed by atoms with E-state index < -0.39 is 0 Å². The fourth-order valence-electron chi connectivity index (χ4n) is 9.66. The average Bonchev–Trinajstić information content (AvgIpc) is 3.56. The second-order valence-corrected chi connectivity index (χ2v) is 17.5. The molecule has 8 aromatic rings. The third-order valence-electron chi connectivity index (χ3n) is 13.0. The lowest BCUT2D eigenvalue weighted by Gasteiger charge is -2.42. The van der Waals surface area contributed by atoms with Crippen LogP contribution in [0.4, 0.5) is 0 Å². The fourth-order valence-corrected chi connectivity index (χ4v) is 9.66. The summed E-state index contributed by atoms with van der Waals surface area (Å²) in [7, 11) is 0. The number of allylic oxidation sites excluding steroid dienone is 5. The predicted octanol–water partition coefficient (Wildman–Crippen LogP) is 13.2. The Hall–Kier alpha value is -6.39. The van der Waals surface area contributed by atoms with Gasteiger partial charge in [0.15, 0.2) is 17.5 Å². The van der Waals surface area contributed by atoms with Crippen LogP contribution < -0.4 is 0 Å². The lowest BCUT2D eigenvalue weighted by atomic mass is 9.63. The van der Waals surface area contributed by atoms with Crippen LogP contribution in [0.2, 0.25) is 0 Å². The minimum Gasteiger partial charge on any atom is -0.309 e. The number of aromatic nitrogens is 4. The van der Waals surface area contributed by atoms with Crippen molar-refractivity contribution in [1.82, 2.24) is 19.5 Å². The highest BCUT2D eigenvalue weighted by molar-refractivity contribution is 6.14. The second kappa shape index (κ2) is 12.6. The van der Waals surface area contributed by atoms with Gasteiger partial charge in [0.2, 0.25) is 0 Å². The molecule has 0 saturated carbocycles. The first-order chi connectivity index (χ1) is 27.7. The van der Waals surface area contributed by atoms with Crippen LogP contribution in [0.3, 0.4) is 0 Å². The third-order valence-corrected chi connectivity index (χ3v) is 13.0. The summed E-state index contributed by atoms with van der Waals surface area (Å²) in [6.45, 7) is 9.66. The van der Waals surface area contributed by atoms with E-state index in [1.54, 1.807) is 0 Å². The molecule has 0 saturated heterocycles. The van der Waals surface area contributed by atoms with Gasteiger partial charge in [0, 0.05) is 45.0 Å². The van der Waals surface area contributed by atoms with E-state index in [9.17, 15) is 0 Å². The maximum absolute atomic E-state index is 5.18. The molecule has 3 aliphatic rings. The molecule has 0 aliphatic heterocycles. The van der Waals surface area contributed by atoms with Gasteiger partial charge in [0.05, 0.1) is 11.0 Å². The zero-order valence-electron chi connectivity index (χ0n) is 32.9. The van der Waals surface area contributed by atoms with Crippen molar-refractivity contribution in [1.29, 1.82) is 0 Å². The summed E-state index contributed by atoms with van der Waals surface area (Å²) >= 11 is 0. The smallest absolute Gasteiger partial charge is 0.164 e. The normalized spacial score (nSPS) is 19.0. The van der Waals surface area contributed by atoms with Crippen LogP contribution in [0.25, 0.3) is 72.7 Å². The summed E-state index contributed by atoms with van der Waals surface area (Å²) in [6, 6.07) is 46.3. The highest BCUT2D eigenvalue weighted by Crippen LogP contribution is 2.49. The van der Waals surface area contributed by atoms with Gasteiger partial charge in [-0.25, -0.2) is 15.0 Å². The Balaban J connectivity index is 1.06. The molecular formula is C53H44N4. The Morgan fingerprint density at radius 2 is 1.12 bits per heavy atom. The molecule has 0 spiro atoms. The van der Waals surface area contributed by atoms with Crippen molar-refractivity contribution in [2.45, 2.75) is 57.3 Å². The van der Waals surface area contributed by atoms with Gasteiger partial charge < -0.3 is 4.57 Å². The standard InChI is InChI=1S/C53H44N4/c1-52(2)26-27-53(3,4)46-32-48-44(31-45(46)52)43-28-37-15-8-9-16-38(37)30-47(43)57(48)40-24-22-36(23-25-40)50-54-49(35-13-6-5-7-14-35)55-51(56-50)39-21-20-34-19-18-33-12-10-11-17-41(33)42(34)29-39/h5-25,28-32,34,42H,26-27H2,1-4H3. The average molecular weight is 737 g/mol. The van der Waals surface area contributed by atoms with Gasteiger partial charge in [-0.05, 0) is 105 Å². The van der Waals surface area contributed by atoms with Gasteiger partial charge in [-0.3, -0.25) is 0 Å². The van der Waals surface area contributed by atoms with Gasteiger partial charge in [0.25, 0.3) is 0 Å². The maximum atomic E-state index is 5.18. The molecule has 2 unspecified atom stereocenters. The molecule has 0 N–H and O–H groups in total. The number of fused-ring (bicyclic) bond motifs is 8. The summed E-state index contributed by atoms with van der Waals surface area (Å²) < 4.78 is 2.47. The molecule has 0 fully saturated rings. The van der Waals surface area contributed by atoms with Crippen LogP contribution in [0, 0.1) is 5.92 Å². The summed E-state index contributed by atoms with van der Waals surface area (Å²) in [5.41, 5.74) is 12.3. The van der Waals surface area contributed by atoms with E-state index in [0.29, 0.717) is 23.4 Å². The highest BCUT2D eigenvalue weighted by Gasteiger charge is 2.38. The Labute approximate surface area is 334 Å². The van der Waals surface area contributed by atoms with Crippen LogP contribution in [0.1, 0.15) is 74.5 Å². The molecule has 4 nitrogen and oxygen atoms in total. The lowest BCUT2D eigenvalue weighted by Crippen LogP contribution is -2.33. The molecule has 276 valence electrons. The zero-order chi connectivity index (χ0) is 38.5. The minimum absolute atomic E-state index is 0.0999. The Morgan fingerprint density at radius 3 is 1.88 bits per heavy atom. The van der Waals surface area contributed by atoms with Crippen LogP contribution in [-0.2, 0) is 10.8 Å². The maximum Gasteiger partial charge on any atom is 0.164 e. The molecule has 2 aromatic heterocycles. The molecule has 57 heavy (non-hydrogen) atoms. The van der Waals surface area contributed by atoms with Crippen LogP contribution >= 0.6 is 0 Å². The SMILES string of the molecule is CC1(C)CCC(C)(C)c2cc3c(cc21)c1cc2ccccc2cc1n3-c1ccc(-c2nc(C3=CC4c5ccccc5C=CC4C=C3)nc(-c3ccccc3)n2)cc1. The Bertz CT molecular complexity index is 3010. The second-order valence-electron chi connectivity index (χ2n) is 17.5. The van der Waals surface area contributed by atoms with E-state index in [4.69, 9.17) is 15.0 Å². The summed E-state index contributed by atoms with van der Waals surface area (Å²) in [6.07, 6.45) is 13.7. The van der Waals surface area contributed by atoms with Crippen LogP contribution in [0.15, 0.2) is 152 Å². The largest absolute Gasteiger partial charge is 0.309 e. The van der Waals surface area contributed by atoms with Crippen molar-refractivity contribution < 1.29 is 0 Å². The molecule has 0 radical (unpaired) electrons. The van der Waals surface area contributed by atoms with Gasteiger partial charge >= 0.3 is 0 Å². The number of hydrogen-bond acceptors (Lipinski definition) is 3. The molecule has 0 amide bonds. The van der Waals surface area contributed by atoms with Crippen molar-refractivity contribution in [2.24, 2.45) is 5.92 Å². The molecular weight excluding hydrogens is 693 g/mol. The molecule has 6 aromatic carbocycles. The third kappa shape index (κ3) is 5.53. The fraction of sp³-hybridized carbons (Fsp3) is 0.189. The molecule has 2 heterocycles. The molecule has 0 bridgehead atoms. The Morgan fingerprint density at radius 1 is 0.544 bits per heavy atom. The van der Waals surface area contributed by atoms with Crippen molar-refractivity contribution in [3.63, 3.8) is 0 Å². The molecule has 3 aliphatic carbocycles. The zero-order valence-corrected chi connectivity index (χ0v) is 32.9. The van der Waals surface area contributed by atoms with Gasteiger partial charge in [-0.1, -0.05) is 137 Å². The summed E-state index contributed by atoms with van der Waals surface area (Å²) in [4.78, 5) is 15.4. The summed E-state index contributed by atoms with van der Waals surface area (Å²) in [5, 5.41) is 5.11. The van der Waals surface area contributed by atoms with E-state index in [0.717, 1.165) is 22.4 Å². The lowest BCUT2D eigenvalue weighted by molar-refractivity contribution is 0.332. The van der Waals surface area contributed by atoms with Crippen molar-refractivity contribution in [3.05, 3.63) is 180 Å². The van der Waals surface area contributed by atoms with E-state index in [1.165, 1.54) is 67.7 Å². The van der Waals surface area contributed by atoms with Crippen molar-refractivity contribution in [2.75, 3.05) is 0 Å². The van der Waals surface area contributed by atoms with Gasteiger partial charge in [-0.2, -0.15) is 0 Å². The highest BCUT2D eigenvalue weighted by atomic mass is 15.0. The first-order valence-corrected chi connectivity index (χ1v) is 20.3. The number of benzene rings is 6. The minimum atomic E-state index is 0.0999. The van der Waals surface area contributed by atoms with Gasteiger partial charge in [-0.15, -0.1) is 0 Å². The van der Waals surface area contributed by atoms with E-state index in [-0.39, 0.29) is 16.7 Å². The number of rotatable bonds is 4. The number of nitrogens with zero attached hydrogens (tertiary/aromatic N) is 4. The summed E-state index contributed by atoms with van der Waals surface area (Å²) in [5.74, 6) is 2.57. The Kier molecular flexibility index (Phi) is 7.47. The molecule has 4 heteroatoms. The molecule has 11 rings (SSSR count). The monoisotopic (exact) mass is 736 g/mol. The predicted molar refractivity (Wildman–Crippen MR) is 237 cm³/mol. The van der Waals surface area contributed by atoms with Crippen molar-refractivity contribution in [3.8, 4) is 28.5 Å².